The number of ketones is 1. The summed E-state index contributed by atoms with van der Waals surface area (Å²) in [7, 11) is 1.86. The molecule has 7 nitrogen and oxygen atoms in total. The van der Waals surface area contributed by atoms with Gasteiger partial charge in [-0.15, -0.1) is 11.3 Å². The molecule has 1 aromatic carbocycles. The third kappa shape index (κ3) is 5.51. The van der Waals surface area contributed by atoms with Crippen LogP contribution in [0.15, 0.2) is 49.1 Å². The zero-order chi connectivity index (χ0) is 23.6. The quantitative estimate of drug-likeness (QED) is 0.367. The molecule has 0 aliphatic carbocycles. The fourth-order valence-electron chi connectivity index (χ4n) is 3.45. The zero-order valence-electron chi connectivity index (χ0n) is 19.6. The van der Waals surface area contributed by atoms with E-state index in [9.17, 15) is 4.79 Å². The normalized spacial score (nSPS) is 11.5. The van der Waals surface area contributed by atoms with Gasteiger partial charge in [-0.05, 0) is 36.6 Å². The molecule has 0 aliphatic rings. The third-order valence-corrected chi connectivity index (χ3v) is 6.76. The largest absolute Gasteiger partial charge is 0.321 e. The Morgan fingerprint density at radius 1 is 1.15 bits per heavy atom. The van der Waals surface area contributed by atoms with E-state index >= 15 is 0 Å². The minimum Gasteiger partial charge on any atom is -0.321 e. The van der Waals surface area contributed by atoms with Crippen molar-refractivity contribution in [3.63, 3.8) is 0 Å². The molecule has 0 spiro atoms. The Bertz CT molecular complexity index is 1280. The van der Waals surface area contributed by atoms with Crippen LogP contribution in [0.5, 0.6) is 0 Å². The van der Waals surface area contributed by atoms with Crippen molar-refractivity contribution in [1.29, 1.82) is 0 Å². The highest BCUT2D eigenvalue weighted by atomic mass is 32.1. The van der Waals surface area contributed by atoms with Crippen molar-refractivity contribution >= 4 is 28.8 Å². The number of rotatable bonds is 7. The molecule has 4 rings (SSSR count). The summed E-state index contributed by atoms with van der Waals surface area (Å²) in [5.74, 6) is 0.667. The summed E-state index contributed by atoms with van der Waals surface area (Å²) in [6.45, 7) is 8.41. The Kier molecular flexibility index (Phi) is 6.37. The predicted molar refractivity (Wildman–Crippen MR) is 132 cm³/mol. The molecule has 0 saturated carbocycles. The van der Waals surface area contributed by atoms with E-state index < -0.39 is 0 Å². The van der Waals surface area contributed by atoms with Gasteiger partial charge in [-0.25, -0.2) is 15.0 Å². The summed E-state index contributed by atoms with van der Waals surface area (Å²) in [5.41, 5.74) is 4.94. The number of nitrogens with zero attached hydrogens (tertiary/aromatic N) is 5. The molecule has 1 N–H and O–H groups in total. The maximum Gasteiger partial charge on any atom is 0.227 e. The number of hydrogen-bond acceptors (Lipinski definition) is 7. The molecule has 0 bridgehead atoms. The second kappa shape index (κ2) is 9.23. The molecule has 0 fully saturated rings. The number of Topliss-reactive ketones (excluding diaryl/α,β-unsaturated/α-hetero) is 1. The van der Waals surface area contributed by atoms with E-state index in [1.165, 1.54) is 11.3 Å². The van der Waals surface area contributed by atoms with E-state index in [-0.39, 0.29) is 11.2 Å². The molecule has 4 aromatic rings. The average molecular weight is 461 g/mol. The van der Waals surface area contributed by atoms with E-state index in [2.05, 4.69) is 65.2 Å². The first-order valence-corrected chi connectivity index (χ1v) is 11.7. The first kappa shape index (κ1) is 22.8. The van der Waals surface area contributed by atoms with E-state index in [0.29, 0.717) is 18.8 Å². The van der Waals surface area contributed by atoms with Crippen molar-refractivity contribution in [2.45, 2.75) is 46.0 Å². The SMILES string of the molecule is Cc1cc(-c2ccnc(Nc3cnn(C)c3)n2)ccc1CCC(=O)c1cnc(C(C)(C)C)s1. The standard InChI is InChI=1S/C25H28N6OS/c1-16-12-18(20-10-11-26-24(30-20)29-19-13-28-31(5)15-19)7-6-17(16)8-9-21(32)22-14-27-23(33-22)25(2,3)4/h6-7,10-15H,8-9H2,1-5H3,(H,26,29,30). The van der Waals surface area contributed by atoms with Gasteiger partial charge >= 0.3 is 0 Å². The molecule has 8 heteroatoms. The van der Waals surface area contributed by atoms with E-state index in [1.54, 1.807) is 23.3 Å². The smallest absolute Gasteiger partial charge is 0.227 e. The van der Waals surface area contributed by atoms with Crippen LogP contribution in [0.4, 0.5) is 11.6 Å². The Morgan fingerprint density at radius 2 is 1.97 bits per heavy atom. The van der Waals surface area contributed by atoms with Crippen LogP contribution in [0.2, 0.25) is 0 Å². The summed E-state index contributed by atoms with van der Waals surface area (Å²) in [4.78, 5) is 26.8. The average Bonchev–Trinajstić information content (AvgIpc) is 3.42. The second-order valence-electron chi connectivity index (χ2n) is 9.14. The molecule has 3 heterocycles. The summed E-state index contributed by atoms with van der Waals surface area (Å²) in [5, 5.41) is 8.31. The number of thiazole rings is 1. The van der Waals surface area contributed by atoms with Crippen molar-refractivity contribution < 1.29 is 4.79 Å². The Balaban J connectivity index is 1.43. The van der Waals surface area contributed by atoms with Crippen molar-refractivity contribution in [2.24, 2.45) is 7.05 Å². The van der Waals surface area contributed by atoms with Gasteiger partial charge in [-0.1, -0.05) is 32.9 Å². The Morgan fingerprint density at radius 3 is 2.64 bits per heavy atom. The van der Waals surface area contributed by atoms with Crippen LogP contribution < -0.4 is 5.32 Å². The van der Waals surface area contributed by atoms with Gasteiger partial charge in [-0.2, -0.15) is 5.10 Å². The fraction of sp³-hybridized carbons (Fsp3) is 0.320. The van der Waals surface area contributed by atoms with Gasteiger partial charge in [0.1, 0.15) is 0 Å². The van der Waals surface area contributed by atoms with Gasteiger partial charge in [0.25, 0.3) is 0 Å². The third-order valence-electron chi connectivity index (χ3n) is 5.30. The fourth-order valence-corrected chi connectivity index (χ4v) is 4.39. The highest BCUT2D eigenvalue weighted by Crippen LogP contribution is 2.28. The number of anilines is 2. The topological polar surface area (TPSA) is 85.6 Å². The van der Waals surface area contributed by atoms with Crippen LogP contribution in [-0.4, -0.2) is 30.5 Å². The summed E-state index contributed by atoms with van der Waals surface area (Å²) >= 11 is 1.50. The maximum absolute atomic E-state index is 12.7. The molecule has 3 aromatic heterocycles. The molecule has 170 valence electrons. The summed E-state index contributed by atoms with van der Waals surface area (Å²) in [6.07, 6.45) is 8.22. The minimum absolute atomic E-state index is 0.0377. The summed E-state index contributed by atoms with van der Waals surface area (Å²) < 4.78 is 1.72. The number of benzene rings is 1. The minimum atomic E-state index is -0.0377. The Hall–Kier alpha value is -3.39. The number of nitrogens with one attached hydrogen (secondary N) is 1. The molecule has 0 saturated heterocycles. The predicted octanol–water partition coefficient (Wildman–Crippen LogP) is 5.50. The molecule has 0 atom stereocenters. The van der Waals surface area contributed by atoms with Gasteiger partial charge in [0.2, 0.25) is 5.95 Å². The first-order chi connectivity index (χ1) is 15.7. The van der Waals surface area contributed by atoms with Crippen LogP contribution in [0.25, 0.3) is 11.3 Å². The Labute approximate surface area is 198 Å². The van der Waals surface area contributed by atoms with E-state index in [0.717, 1.165) is 38.0 Å². The maximum atomic E-state index is 12.7. The highest BCUT2D eigenvalue weighted by molar-refractivity contribution is 7.13. The molecule has 33 heavy (non-hydrogen) atoms. The number of hydrogen-bond donors (Lipinski definition) is 1. The molecule has 0 unspecified atom stereocenters. The number of carbonyl (C=O) groups is 1. The van der Waals surface area contributed by atoms with E-state index in [1.807, 2.05) is 25.4 Å². The van der Waals surface area contributed by atoms with Crippen LogP contribution in [0.1, 0.15) is 53.0 Å². The second-order valence-corrected chi connectivity index (χ2v) is 10.2. The molecular formula is C25H28N6OS. The monoisotopic (exact) mass is 460 g/mol. The lowest BCUT2D eigenvalue weighted by Gasteiger charge is -2.13. The van der Waals surface area contributed by atoms with Crippen LogP contribution >= 0.6 is 11.3 Å². The summed E-state index contributed by atoms with van der Waals surface area (Å²) in [6, 6.07) is 8.14. The molecule has 0 amide bonds. The molecule has 0 radical (unpaired) electrons. The van der Waals surface area contributed by atoms with Crippen LogP contribution in [0, 0.1) is 6.92 Å². The van der Waals surface area contributed by atoms with Crippen molar-refractivity contribution in [2.75, 3.05) is 5.32 Å². The lowest BCUT2D eigenvalue weighted by atomic mass is 9.98. The number of aryl methyl sites for hydroxylation is 3. The lowest BCUT2D eigenvalue weighted by Crippen LogP contribution is -2.09. The highest BCUT2D eigenvalue weighted by Gasteiger charge is 2.20. The van der Waals surface area contributed by atoms with Crippen molar-refractivity contribution in [3.05, 3.63) is 70.1 Å². The number of aromatic nitrogens is 5. The molecular weight excluding hydrogens is 432 g/mol. The van der Waals surface area contributed by atoms with E-state index in [4.69, 9.17) is 0 Å². The van der Waals surface area contributed by atoms with Gasteiger partial charge in [0, 0.05) is 43.0 Å². The molecule has 0 aliphatic heterocycles. The van der Waals surface area contributed by atoms with Crippen molar-refractivity contribution in [3.8, 4) is 11.3 Å². The van der Waals surface area contributed by atoms with Gasteiger partial charge in [0.15, 0.2) is 5.78 Å². The van der Waals surface area contributed by atoms with Crippen LogP contribution in [-0.2, 0) is 18.9 Å². The van der Waals surface area contributed by atoms with Gasteiger partial charge < -0.3 is 5.32 Å². The lowest BCUT2D eigenvalue weighted by molar-refractivity contribution is 0.0986. The van der Waals surface area contributed by atoms with Crippen LogP contribution in [0.3, 0.4) is 0 Å². The first-order valence-electron chi connectivity index (χ1n) is 10.9. The number of carbonyl (C=O) groups excluding carboxylic acids is 1. The van der Waals surface area contributed by atoms with Gasteiger partial charge in [0.05, 0.1) is 27.5 Å². The zero-order valence-corrected chi connectivity index (χ0v) is 20.4. The van der Waals surface area contributed by atoms with Crippen molar-refractivity contribution in [1.82, 2.24) is 24.7 Å². The van der Waals surface area contributed by atoms with Gasteiger partial charge in [-0.3, -0.25) is 9.48 Å².